The van der Waals surface area contributed by atoms with Crippen LogP contribution in [0.1, 0.15) is 17.4 Å². The normalized spacial score (nSPS) is 10.7. The van der Waals surface area contributed by atoms with Gasteiger partial charge in [-0.05, 0) is 25.1 Å². The average Bonchev–Trinajstić information content (AvgIpc) is 3.05. The number of rotatable bonds is 7. The van der Waals surface area contributed by atoms with Crippen molar-refractivity contribution in [2.75, 3.05) is 18.4 Å². The van der Waals surface area contributed by atoms with Crippen LogP contribution >= 0.6 is 11.6 Å². The molecule has 150 valence electrons. The van der Waals surface area contributed by atoms with Gasteiger partial charge in [0.1, 0.15) is 17.5 Å². The molecule has 0 saturated heterocycles. The Morgan fingerprint density at radius 1 is 1.17 bits per heavy atom. The number of halogens is 1. The third kappa shape index (κ3) is 4.69. The number of benzene rings is 1. The van der Waals surface area contributed by atoms with Crippen LogP contribution in [0.4, 0.5) is 5.82 Å². The highest BCUT2D eigenvalue weighted by atomic mass is 35.5. The molecule has 2 heterocycles. The van der Waals surface area contributed by atoms with Crippen LogP contribution in [0, 0.1) is 0 Å². The quantitative estimate of drug-likeness (QED) is 0.569. The van der Waals surface area contributed by atoms with E-state index in [2.05, 4.69) is 15.4 Å². The molecule has 0 bridgehead atoms. The third-order valence-electron chi connectivity index (χ3n) is 4.23. The number of hydrogen-bond acceptors (Lipinski definition) is 5. The maximum atomic E-state index is 12.7. The molecule has 0 spiro atoms. The van der Waals surface area contributed by atoms with Crippen molar-refractivity contribution in [3.63, 3.8) is 0 Å². The molecular formula is C19H19ClN6O3. The van der Waals surface area contributed by atoms with Crippen LogP contribution in [0.15, 0.2) is 42.5 Å². The van der Waals surface area contributed by atoms with Crippen LogP contribution in [0.3, 0.4) is 0 Å². The second-order valence-corrected chi connectivity index (χ2v) is 6.58. The number of likely N-dealkylation sites (N-methyl/N-ethyl adjacent to an activating group) is 1. The maximum absolute atomic E-state index is 12.7. The molecule has 0 aliphatic carbocycles. The summed E-state index contributed by atoms with van der Waals surface area (Å²) in [4.78, 5) is 42.0. The summed E-state index contributed by atoms with van der Waals surface area (Å²) in [6.45, 7) is 1.78. The number of aromatic nitrogens is 3. The minimum absolute atomic E-state index is 0.0984. The van der Waals surface area contributed by atoms with Gasteiger partial charge in [-0.3, -0.25) is 19.1 Å². The summed E-state index contributed by atoms with van der Waals surface area (Å²) in [5, 5.41) is 7.60. The van der Waals surface area contributed by atoms with Crippen molar-refractivity contribution in [3.8, 4) is 0 Å². The molecule has 29 heavy (non-hydrogen) atoms. The van der Waals surface area contributed by atoms with E-state index < -0.39 is 11.8 Å². The van der Waals surface area contributed by atoms with Crippen LogP contribution in [0.25, 0.3) is 10.9 Å². The monoisotopic (exact) mass is 414 g/mol. The van der Waals surface area contributed by atoms with E-state index >= 15 is 0 Å². The Labute approximate surface area is 171 Å². The molecule has 2 aromatic heterocycles. The maximum Gasteiger partial charge on any atom is 0.269 e. The van der Waals surface area contributed by atoms with Gasteiger partial charge in [-0.15, -0.1) is 0 Å². The van der Waals surface area contributed by atoms with Gasteiger partial charge in [-0.1, -0.05) is 35.9 Å². The van der Waals surface area contributed by atoms with Crippen molar-refractivity contribution >= 4 is 46.0 Å². The van der Waals surface area contributed by atoms with Gasteiger partial charge in [0.2, 0.25) is 11.8 Å². The number of pyridine rings is 1. The van der Waals surface area contributed by atoms with E-state index in [0.29, 0.717) is 23.3 Å². The minimum atomic E-state index is -0.673. The zero-order valence-electron chi connectivity index (χ0n) is 15.6. The van der Waals surface area contributed by atoms with Gasteiger partial charge in [-0.2, -0.15) is 5.10 Å². The van der Waals surface area contributed by atoms with Crippen LogP contribution in [0.2, 0.25) is 5.15 Å². The van der Waals surface area contributed by atoms with Gasteiger partial charge in [-0.25, -0.2) is 4.98 Å². The lowest BCUT2D eigenvalue weighted by Crippen LogP contribution is -2.39. The van der Waals surface area contributed by atoms with Crippen molar-refractivity contribution in [1.82, 2.24) is 19.7 Å². The predicted molar refractivity (Wildman–Crippen MR) is 108 cm³/mol. The summed E-state index contributed by atoms with van der Waals surface area (Å²) in [7, 11) is 0. The Kier molecular flexibility index (Phi) is 6.08. The Morgan fingerprint density at radius 2 is 1.93 bits per heavy atom. The van der Waals surface area contributed by atoms with E-state index in [9.17, 15) is 14.4 Å². The van der Waals surface area contributed by atoms with Crippen molar-refractivity contribution in [2.24, 2.45) is 5.73 Å². The average molecular weight is 415 g/mol. The van der Waals surface area contributed by atoms with Crippen LogP contribution in [-0.2, 0) is 16.1 Å². The van der Waals surface area contributed by atoms with Gasteiger partial charge >= 0.3 is 0 Å². The molecule has 0 atom stereocenters. The summed E-state index contributed by atoms with van der Waals surface area (Å²) in [6.07, 6.45) is 0. The highest BCUT2D eigenvalue weighted by molar-refractivity contribution is 6.29. The number of carbonyl (C=O) groups is 3. The van der Waals surface area contributed by atoms with Gasteiger partial charge in [0.15, 0.2) is 5.69 Å². The smallest absolute Gasteiger partial charge is 0.269 e. The lowest BCUT2D eigenvalue weighted by atomic mass is 10.2. The van der Waals surface area contributed by atoms with Gasteiger partial charge in [0.05, 0.1) is 12.1 Å². The van der Waals surface area contributed by atoms with Gasteiger partial charge < -0.3 is 16.0 Å². The van der Waals surface area contributed by atoms with Crippen molar-refractivity contribution in [2.45, 2.75) is 13.5 Å². The van der Waals surface area contributed by atoms with Crippen molar-refractivity contribution in [3.05, 3.63) is 53.3 Å². The first-order valence-corrected chi connectivity index (χ1v) is 9.22. The Hall–Kier alpha value is -3.46. The number of carbonyl (C=O) groups excluding carboxylic acids is 3. The second kappa shape index (κ2) is 8.70. The number of anilines is 1. The molecule has 0 aliphatic heterocycles. The fraction of sp³-hybridized carbons (Fsp3) is 0.211. The first-order valence-electron chi connectivity index (χ1n) is 8.84. The summed E-state index contributed by atoms with van der Waals surface area (Å²) in [5.41, 5.74) is 6.09. The summed E-state index contributed by atoms with van der Waals surface area (Å²) in [5.74, 6) is -1.10. The SMILES string of the molecule is CCN(CC(=O)Nc1cccc(Cl)n1)C(=O)Cn1nc(C(N)=O)c2ccccc21. The van der Waals surface area contributed by atoms with Crippen molar-refractivity contribution in [1.29, 1.82) is 0 Å². The minimum Gasteiger partial charge on any atom is -0.364 e. The van der Waals surface area contributed by atoms with E-state index in [1.165, 1.54) is 9.58 Å². The number of nitrogens with zero attached hydrogens (tertiary/aromatic N) is 4. The molecule has 0 saturated carbocycles. The Morgan fingerprint density at radius 3 is 2.62 bits per heavy atom. The number of amides is 3. The number of fused-ring (bicyclic) bond motifs is 1. The third-order valence-corrected chi connectivity index (χ3v) is 4.44. The molecule has 0 fully saturated rings. The van der Waals surface area contributed by atoms with Crippen LogP contribution < -0.4 is 11.1 Å². The number of hydrogen-bond donors (Lipinski definition) is 2. The number of nitrogens with two attached hydrogens (primary N) is 1. The van der Waals surface area contributed by atoms with Gasteiger partial charge in [0, 0.05) is 11.9 Å². The van der Waals surface area contributed by atoms with Gasteiger partial charge in [0.25, 0.3) is 5.91 Å². The topological polar surface area (TPSA) is 123 Å². The largest absolute Gasteiger partial charge is 0.364 e. The number of para-hydroxylation sites is 1. The standard InChI is InChI=1S/C19H19ClN6O3/c1-2-25(10-16(27)23-15-9-5-8-14(20)22-15)17(28)11-26-13-7-4-3-6-12(13)18(24-26)19(21)29/h3-9H,2,10-11H2,1H3,(H2,21,29)(H,22,23,27). The molecule has 0 radical (unpaired) electrons. The molecule has 3 N–H and O–H groups in total. The zero-order chi connectivity index (χ0) is 21.0. The summed E-state index contributed by atoms with van der Waals surface area (Å²) >= 11 is 5.80. The molecule has 0 unspecified atom stereocenters. The van der Waals surface area contributed by atoms with E-state index in [0.717, 1.165) is 0 Å². The lowest BCUT2D eigenvalue weighted by Gasteiger charge is -2.20. The summed E-state index contributed by atoms with van der Waals surface area (Å²) < 4.78 is 1.41. The molecule has 3 aromatic rings. The van der Waals surface area contributed by atoms with E-state index in [1.54, 1.807) is 49.4 Å². The molecule has 3 rings (SSSR count). The van der Waals surface area contributed by atoms with E-state index in [4.69, 9.17) is 17.3 Å². The fourth-order valence-electron chi connectivity index (χ4n) is 2.87. The van der Waals surface area contributed by atoms with E-state index in [-0.39, 0.29) is 29.8 Å². The predicted octanol–water partition coefficient (Wildman–Crippen LogP) is 1.67. The van der Waals surface area contributed by atoms with Crippen LogP contribution in [-0.4, -0.2) is 50.5 Å². The first kappa shape index (κ1) is 20.3. The zero-order valence-corrected chi connectivity index (χ0v) is 16.4. The lowest BCUT2D eigenvalue weighted by molar-refractivity contribution is -0.135. The number of nitrogens with one attached hydrogen (secondary N) is 1. The Bertz CT molecular complexity index is 1080. The first-order chi connectivity index (χ1) is 13.9. The van der Waals surface area contributed by atoms with Crippen LogP contribution in [0.5, 0.6) is 0 Å². The number of primary amides is 1. The summed E-state index contributed by atoms with van der Waals surface area (Å²) in [6, 6.07) is 11.8. The molecule has 10 heteroatoms. The Balaban J connectivity index is 1.72. The molecule has 9 nitrogen and oxygen atoms in total. The highest BCUT2D eigenvalue weighted by Gasteiger charge is 2.20. The van der Waals surface area contributed by atoms with Crippen molar-refractivity contribution < 1.29 is 14.4 Å². The molecular weight excluding hydrogens is 396 g/mol. The second-order valence-electron chi connectivity index (χ2n) is 6.19. The molecule has 1 aromatic carbocycles. The molecule has 3 amide bonds. The molecule has 0 aliphatic rings. The fourth-order valence-corrected chi connectivity index (χ4v) is 3.03. The van der Waals surface area contributed by atoms with E-state index in [1.807, 2.05) is 0 Å². The highest BCUT2D eigenvalue weighted by Crippen LogP contribution is 2.18.